The Hall–Kier alpha value is -1.25. The van der Waals surface area contributed by atoms with Crippen LogP contribution in [0.15, 0.2) is 18.3 Å². The number of aromatic nitrogens is 1. The van der Waals surface area contributed by atoms with Crippen molar-refractivity contribution in [3.05, 3.63) is 18.3 Å². The van der Waals surface area contributed by atoms with Gasteiger partial charge in [0.15, 0.2) is 0 Å². The summed E-state index contributed by atoms with van der Waals surface area (Å²) in [5, 5.41) is 6.87. The van der Waals surface area contributed by atoms with Crippen molar-refractivity contribution in [1.82, 2.24) is 4.98 Å². The number of hydrogen-bond acceptors (Lipinski definition) is 3. The van der Waals surface area contributed by atoms with Gasteiger partial charge >= 0.3 is 0 Å². The maximum Gasteiger partial charge on any atom is 0.149 e. The first kappa shape index (κ1) is 9.31. The first-order valence-corrected chi connectivity index (χ1v) is 5.23. The molecule has 0 saturated heterocycles. The molecule has 1 aromatic heterocycles. The molecule has 0 fully saturated rings. The summed E-state index contributed by atoms with van der Waals surface area (Å²) in [7, 11) is 0. The number of fused-ring (bicyclic) bond motifs is 1. The minimum Gasteiger partial charge on any atom is -0.379 e. The highest BCUT2D eigenvalue weighted by Crippen LogP contribution is 2.24. The van der Waals surface area contributed by atoms with Gasteiger partial charge in [-0.05, 0) is 24.5 Å². The minimum atomic E-state index is 0.549. The fourth-order valence-electron chi connectivity index (χ4n) is 1.78. The van der Waals surface area contributed by atoms with Gasteiger partial charge in [0, 0.05) is 18.8 Å². The quantitative estimate of drug-likeness (QED) is 0.715. The lowest BCUT2D eigenvalue weighted by molar-refractivity contribution is 0.507. The summed E-state index contributed by atoms with van der Waals surface area (Å²) in [6, 6.07) is 4.60. The van der Waals surface area contributed by atoms with Gasteiger partial charge in [0.25, 0.3) is 0 Å². The van der Waals surface area contributed by atoms with Gasteiger partial charge in [0.05, 0.1) is 5.69 Å². The molecule has 3 nitrogen and oxygen atoms in total. The number of hydrogen-bond donors (Lipinski definition) is 2. The summed E-state index contributed by atoms with van der Waals surface area (Å²) in [4.78, 5) is 4.30. The Morgan fingerprint density at radius 1 is 1.50 bits per heavy atom. The third-order valence-electron chi connectivity index (χ3n) is 2.70. The van der Waals surface area contributed by atoms with Gasteiger partial charge in [-0.2, -0.15) is 0 Å². The van der Waals surface area contributed by atoms with E-state index in [9.17, 15) is 0 Å². The summed E-state index contributed by atoms with van der Waals surface area (Å²) < 4.78 is 0. The van der Waals surface area contributed by atoms with Crippen LogP contribution in [0.25, 0.3) is 0 Å². The van der Waals surface area contributed by atoms with Crippen LogP contribution < -0.4 is 10.6 Å². The molecule has 0 bridgehead atoms. The van der Waals surface area contributed by atoms with Crippen molar-refractivity contribution in [3.8, 4) is 0 Å². The number of pyridine rings is 1. The second-order valence-electron chi connectivity index (χ2n) is 4.11. The van der Waals surface area contributed by atoms with Crippen molar-refractivity contribution in [3.63, 3.8) is 0 Å². The Labute approximate surface area is 84.9 Å². The van der Waals surface area contributed by atoms with Gasteiger partial charge in [-0.15, -0.1) is 0 Å². The lowest BCUT2D eigenvalue weighted by atomic mass is 10.0. The van der Waals surface area contributed by atoms with E-state index >= 15 is 0 Å². The molecule has 3 heteroatoms. The summed E-state index contributed by atoms with van der Waals surface area (Å²) in [6.45, 7) is 5.50. The molecular formula is C11H17N3. The second-order valence-corrected chi connectivity index (χ2v) is 4.11. The van der Waals surface area contributed by atoms with Crippen molar-refractivity contribution in [2.24, 2.45) is 5.92 Å². The molecule has 0 aromatic carbocycles. The first-order chi connectivity index (χ1) is 6.77. The topological polar surface area (TPSA) is 37.0 Å². The van der Waals surface area contributed by atoms with Crippen molar-refractivity contribution >= 4 is 11.5 Å². The van der Waals surface area contributed by atoms with Crippen LogP contribution in [0.4, 0.5) is 11.5 Å². The van der Waals surface area contributed by atoms with E-state index in [1.807, 2.05) is 12.3 Å². The van der Waals surface area contributed by atoms with Crippen LogP contribution in [0.3, 0.4) is 0 Å². The fourth-order valence-corrected chi connectivity index (χ4v) is 1.78. The Kier molecular flexibility index (Phi) is 2.57. The van der Waals surface area contributed by atoms with E-state index in [1.54, 1.807) is 0 Å². The van der Waals surface area contributed by atoms with Crippen molar-refractivity contribution in [2.75, 3.05) is 17.2 Å². The predicted molar refractivity (Wildman–Crippen MR) is 59.6 cm³/mol. The molecule has 0 radical (unpaired) electrons. The van der Waals surface area contributed by atoms with Gasteiger partial charge in [-0.1, -0.05) is 13.8 Å². The monoisotopic (exact) mass is 191 g/mol. The average Bonchev–Trinajstić information content (AvgIpc) is 2.39. The number of rotatable bonds is 1. The molecule has 2 heterocycles. The Morgan fingerprint density at radius 3 is 3.14 bits per heavy atom. The molecule has 1 atom stereocenters. The second kappa shape index (κ2) is 3.86. The molecule has 76 valence electrons. The van der Waals surface area contributed by atoms with E-state index < -0.39 is 0 Å². The molecule has 14 heavy (non-hydrogen) atoms. The van der Waals surface area contributed by atoms with E-state index in [-0.39, 0.29) is 0 Å². The lowest BCUT2D eigenvalue weighted by Gasteiger charge is -2.20. The molecule has 0 amide bonds. The zero-order valence-corrected chi connectivity index (χ0v) is 8.75. The zero-order valence-electron chi connectivity index (χ0n) is 8.75. The zero-order chi connectivity index (χ0) is 9.97. The highest BCUT2D eigenvalue weighted by molar-refractivity contribution is 5.65. The van der Waals surface area contributed by atoms with Crippen LogP contribution in [-0.4, -0.2) is 17.6 Å². The molecule has 1 aliphatic rings. The van der Waals surface area contributed by atoms with E-state index in [2.05, 4.69) is 35.5 Å². The third kappa shape index (κ3) is 1.81. The van der Waals surface area contributed by atoms with E-state index in [4.69, 9.17) is 0 Å². The van der Waals surface area contributed by atoms with E-state index in [0.717, 1.165) is 24.5 Å². The summed E-state index contributed by atoms with van der Waals surface area (Å²) in [5.41, 5.74) is 1.13. The molecule has 1 aliphatic heterocycles. The van der Waals surface area contributed by atoms with Gasteiger partial charge in [-0.25, -0.2) is 4.98 Å². The average molecular weight is 191 g/mol. The predicted octanol–water partition coefficient (Wildman–Crippen LogP) is 2.33. The van der Waals surface area contributed by atoms with Crippen molar-refractivity contribution in [1.29, 1.82) is 0 Å². The summed E-state index contributed by atoms with van der Waals surface area (Å²) in [6.07, 6.45) is 2.97. The smallest absolute Gasteiger partial charge is 0.149 e. The highest BCUT2D eigenvalue weighted by Gasteiger charge is 2.17. The van der Waals surface area contributed by atoms with E-state index in [0.29, 0.717) is 12.0 Å². The molecular weight excluding hydrogens is 174 g/mol. The number of anilines is 2. The van der Waals surface area contributed by atoms with Crippen LogP contribution in [0.2, 0.25) is 0 Å². The van der Waals surface area contributed by atoms with Crippen molar-refractivity contribution in [2.45, 2.75) is 26.3 Å². The van der Waals surface area contributed by atoms with Gasteiger partial charge < -0.3 is 10.6 Å². The fraction of sp³-hybridized carbons (Fsp3) is 0.545. The molecule has 1 unspecified atom stereocenters. The Bertz CT molecular complexity index is 309. The largest absolute Gasteiger partial charge is 0.379 e. The van der Waals surface area contributed by atoms with Crippen LogP contribution in [0.5, 0.6) is 0 Å². The Morgan fingerprint density at radius 2 is 2.36 bits per heavy atom. The molecule has 1 aromatic rings. The molecule has 0 spiro atoms. The van der Waals surface area contributed by atoms with E-state index in [1.165, 1.54) is 0 Å². The number of nitrogens with one attached hydrogen (secondary N) is 2. The first-order valence-electron chi connectivity index (χ1n) is 5.23. The van der Waals surface area contributed by atoms with Gasteiger partial charge in [-0.3, -0.25) is 0 Å². The third-order valence-corrected chi connectivity index (χ3v) is 2.70. The van der Waals surface area contributed by atoms with Crippen LogP contribution in [-0.2, 0) is 0 Å². The molecule has 2 N–H and O–H groups in total. The number of nitrogens with zero attached hydrogens (tertiary/aromatic N) is 1. The normalized spacial score (nSPS) is 20.6. The molecule has 2 rings (SSSR count). The van der Waals surface area contributed by atoms with Gasteiger partial charge in [0.2, 0.25) is 0 Å². The van der Waals surface area contributed by atoms with Crippen LogP contribution in [0.1, 0.15) is 20.3 Å². The molecule has 0 saturated carbocycles. The maximum atomic E-state index is 4.30. The van der Waals surface area contributed by atoms with Crippen molar-refractivity contribution < 1.29 is 0 Å². The standard InChI is InChI=1S/C11H17N3/c1-8(2)9-5-7-13-11-10(14-9)4-3-6-12-11/h3-4,6,8-9,14H,5,7H2,1-2H3,(H,12,13). The lowest BCUT2D eigenvalue weighted by Crippen LogP contribution is -2.25. The SMILES string of the molecule is CC(C)C1CCNc2ncccc2N1. The minimum absolute atomic E-state index is 0.549. The molecule has 0 aliphatic carbocycles. The highest BCUT2D eigenvalue weighted by atomic mass is 15.1. The van der Waals surface area contributed by atoms with Crippen LogP contribution >= 0.6 is 0 Å². The summed E-state index contributed by atoms with van der Waals surface area (Å²) >= 11 is 0. The summed E-state index contributed by atoms with van der Waals surface area (Å²) in [5.74, 6) is 1.64. The van der Waals surface area contributed by atoms with Gasteiger partial charge in [0.1, 0.15) is 5.82 Å². The Balaban J connectivity index is 2.22. The van der Waals surface area contributed by atoms with Crippen LogP contribution in [0, 0.1) is 5.92 Å². The maximum absolute atomic E-state index is 4.30.